The van der Waals surface area contributed by atoms with E-state index in [0.29, 0.717) is 24.5 Å². The molecule has 0 atom stereocenters. The van der Waals surface area contributed by atoms with E-state index >= 15 is 0 Å². The van der Waals surface area contributed by atoms with Crippen LogP contribution in [0.5, 0.6) is 0 Å². The summed E-state index contributed by atoms with van der Waals surface area (Å²) in [6, 6.07) is 1.76. The van der Waals surface area contributed by atoms with E-state index < -0.39 is 0 Å². The fourth-order valence-electron chi connectivity index (χ4n) is 2.65. The lowest BCUT2D eigenvalue weighted by atomic mass is 10.3. The van der Waals surface area contributed by atoms with E-state index in [1.807, 2.05) is 21.9 Å². The maximum Gasteiger partial charge on any atom is 0.271 e. The highest BCUT2D eigenvalue weighted by molar-refractivity contribution is 5.93. The van der Waals surface area contributed by atoms with Gasteiger partial charge in [-0.3, -0.25) is 4.79 Å². The van der Waals surface area contributed by atoms with E-state index in [4.69, 9.17) is 5.73 Å². The normalized spacial score (nSPS) is 14.3. The van der Waals surface area contributed by atoms with Crippen molar-refractivity contribution in [3.05, 3.63) is 36.2 Å². The largest absolute Gasteiger partial charge is 0.397 e. The van der Waals surface area contributed by atoms with Gasteiger partial charge < -0.3 is 19.8 Å². The molecule has 0 unspecified atom stereocenters. The Morgan fingerprint density at radius 3 is 3.10 bits per heavy atom. The highest BCUT2D eigenvalue weighted by Gasteiger charge is 2.24. The van der Waals surface area contributed by atoms with E-state index in [9.17, 15) is 4.79 Å². The average Bonchev–Trinajstić information content (AvgIpc) is 3.04. The number of nitrogen functional groups attached to an aromatic ring is 1. The maximum absolute atomic E-state index is 12.7. The number of nitrogens with zero attached hydrogens (tertiary/aromatic N) is 4. The zero-order chi connectivity index (χ0) is 14.1. The van der Waals surface area contributed by atoms with Crippen LogP contribution >= 0.6 is 0 Å². The summed E-state index contributed by atoms with van der Waals surface area (Å²) in [5, 5.41) is 0. The third kappa shape index (κ3) is 2.17. The number of fused-ring (bicyclic) bond motifs is 1. The van der Waals surface area contributed by atoms with E-state index in [0.717, 1.165) is 25.3 Å². The molecule has 3 heterocycles. The quantitative estimate of drug-likeness (QED) is 0.917. The number of anilines is 1. The van der Waals surface area contributed by atoms with Crippen molar-refractivity contribution in [2.75, 3.05) is 12.3 Å². The van der Waals surface area contributed by atoms with Crippen LogP contribution in [-0.4, -0.2) is 31.5 Å². The maximum atomic E-state index is 12.7. The average molecular weight is 273 g/mol. The Bertz CT molecular complexity index is 627. The monoisotopic (exact) mass is 273 g/mol. The summed E-state index contributed by atoms with van der Waals surface area (Å²) in [4.78, 5) is 18.8. The Morgan fingerprint density at radius 1 is 1.45 bits per heavy atom. The summed E-state index contributed by atoms with van der Waals surface area (Å²) in [5.74, 6) is 0.968. The Hall–Kier alpha value is -2.24. The third-order valence-corrected chi connectivity index (χ3v) is 3.63. The molecule has 2 aromatic heterocycles. The minimum Gasteiger partial charge on any atom is -0.397 e. The first-order valence-electron chi connectivity index (χ1n) is 6.94. The van der Waals surface area contributed by atoms with Crippen LogP contribution in [0.3, 0.4) is 0 Å². The highest BCUT2D eigenvalue weighted by atomic mass is 16.2. The lowest BCUT2D eigenvalue weighted by Gasteiger charge is -2.28. The molecule has 0 aromatic carbocycles. The summed E-state index contributed by atoms with van der Waals surface area (Å²) >= 11 is 0. The Balaban J connectivity index is 1.83. The molecule has 1 aliphatic rings. The van der Waals surface area contributed by atoms with Crippen molar-refractivity contribution >= 4 is 11.6 Å². The first-order valence-corrected chi connectivity index (χ1v) is 6.94. The molecular formula is C14H19N5O. The number of imidazole rings is 1. The van der Waals surface area contributed by atoms with Crippen molar-refractivity contribution in [2.45, 2.75) is 33.0 Å². The lowest BCUT2D eigenvalue weighted by molar-refractivity contribution is 0.0696. The van der Waals surface area contributed by atoms with Gasteiger partial charge in [-0.25, -0.2) is 4.98 Å². The van der Waals surface area contributed by atoms with Crippen LogP contribution in [0.15, 0.2) is 24.7 Å². The number of rotatable bonds is 3. The number of carbonyl (C=O) groups is 1. The van der Waals surface area contributed by atoms with Gasteiger partial charge in [0.15, 0.2) is 0 Å². The molecule has 0 spiro atoms. The molecule has 6 heteroatoms. The summed E-state index contributed by atoms with van der Waals surface area (Å²) in [6.07, 6.45) is 6.54. The summed E-state index contributed by atoms with van der Waals surface area (Å²) in [5.41, 5.74) is 7.14. The fraction of sp³-hybridized carbons (Fsp3) is 0.429. The number of carbonyl (C=O) groups excluding carboxylic acids is 1. The van der Waals surface area contributed by atoms with Crippen LogP contribution in [0.1, 0.15) is 29.7 Å². The van der Waals surface area contributed by atoms with Crippen LogP contribution in [0.25, 0.3) is 0 Å². The molecule has 0 bridgehead atoms. The standard InChI is InChI=1S/C14H19N5O/c1-2-4-18-9-11(15)8-12(18)14(20)19-7-6-17-5-3-16-13(17)10-19/h3,5,8-9H,2,4,6-7,10,15H2,1H3. The summed E-state index contributed by atoms with van der Waals surface area (Å²) in [7, 11) is 0. The second-order valence-electron chi connectivity index (χ2n) is 5.12. The van der Waals surface area contributed by atoms with Gasteiger partial charge in [-0.2, -0.15) is 0 Å². The van der Waals surface area contributed by atoms with Crippen molar-refractivity contribution in [3.8, 4) is 0 Å². The van der Waals surface area contributed by atoms with Gasteiger partial charge in [0, 0.05) is 38.2 Å². The lowest BCUT2D eigenvalue weighted by Crippen LogP contribution is -2.39. The van der Waals surface area contributed by atoms with Crippen LogP contribution in [0, 0.1) is 0 Å². The predicted octanol–water partition coefficient (Wildman–Crippen LogP) is 1.33. The minimum absolute atomic E-state index is 0.0319. The topological polar surface area (TPSA) is 69.1 Å². The van der Waals surface area contributed by atoms with Crippen molar-refractivity contribution in [1.82, 2.24) is 19.0 Å². The molecule has 0 aliphatic carbocycles. The first-order chi connectivity index (χ1) is 9.69. The molecule has 2 N–H and O–H groups in total. The van der Waals surface area contributed by atoms with Gasteiger partial charge in [-0.05, 0) is 12.5 Å². The molecule has 106 valence electrons. The minimum atomic E-state index is 0.0319. The molecule has 0 saturated carbocycles. The van der Waals surface area contributed by atoms with Crippen LogP contribution in [0.4, 0.5) is 5.69 Å². The number of aryl methyl sites for hydroxylation is 1. The van der Waals surface area contributed by atoms with E-state index in [-0.39, 0.29) is 5.91 Å². The molecule has 6 nitrogen and oxygen atoms in total. The number of hydrogen-bond acceptors (Lipinski definition) is 3. The Morgan fingerprint density at radius 2 is 2.30 bits per heavy atom. The van der Waals surface area contributed by atoms with E-state index in [2.05, 4.69) is 16.5 Å². The van der Waals surface area contributed by atoms with E-state index in [1.165, 1.54) is 0 Å². The van der Waals surface area contributed by atoms with Crippen molar-refractivity contribution in [1.29, 1.82) is 0 Å². The first kappa shape index (κ1) is 12.8. The van der Waals surface area contributed by atoms with Crippen molar-refractivity contribution in [3.63, 3.8) is 0 Å². The van der Waals surface area contributed by atoms with Crippen molar-refractivity contribution in [2.24, 2.45) is 0 Å². The van der Waals surface area contributed by atoms with Crippen LogP contribution < -0.4 is 5.73 Å². The molecule has 0 fully saturated rings. The van der Waals surface area contributed by atoms with Gasteiger partial charge in [0.05, 0.1) is 12.2 Å². The molecular weight excluding hydrogens is 254 g/mol. The second-order valence-corrected chi connectivity index (χ2v) is 5.12. The summed E-state index contributed by atoms with van der Waals surface area (Å²) < 4.78 is 4.03. The Kier molecular flexibility index (Phi) is 3.22. The molecule has 2 aromatic rings. The number of hydrogen-bond donors (Lipinski definition) is 1. The van der Waals surface area contributed by atoms with Crippen LogP contribution in [-0.2, 0) is 19.6 Å². The summed E-state index contributed by atoms with van der Waals surface area (Å²) in [6.45, 7) is 4.95. The molecule has 0 radical (unpaired) electrons. The van der Waals surface area contributed by atoms with Gasteiger partial charge in [0.25, 0.3) is 5.91 Å². The SMILES string of the molecule is CCCn1cc(N)cc1C(=O)N1CCn2ccnc2C1. The zero-order valence-corrected chi connectivity index (χ0v) is 11.6. The smallest absolute Gasteiger partial charge is 0.271 e. The zero-order valence-electron chi connectivity index (χ0n) is 11.6. The molecule has 1 aliphatic heterocycles. The fourth-order valence-corrected chi connectivity index (χ4v) is 2.65. The number of aromatic nitrogens is 3. The molecule has 3 rings (SSSR count). The predicted molar refractivity (Wildman–Crippen MR) is 76.1 cm³/mol. The molecule has 20 heavy (non-hydrogen) atoms. The molecule has 1 amide bonds. The van der Waals surface area contributed by atoms with Gasteiger partial charge >= 0.3 is 0 Å². The highest BCUT2D eigenvalue weighted by Crippen LogP contribution is 2.17. The van der Waals surface area contributed by atoms with Crippen molar-refractivity contribution < 1.29 is 4.79 Å². The number of amides is 1. The number of nitrogens with two attached hydrogens (primary N) is 1. The Labute approximate surface area is 117 Å². The third-order valence-electron chi connectivity index (χ3n) is 3.63. The van der Waals surface area contributed by atoms with Gasteiger partial charge in [-0.1, -0.05) is 6.92 Å². The second kappa shape index (κ2) is 5.03. The van der Waals surface area contributed by atoms with Gasteiger partial charge in [0.2, 0.25) is 0 Å². The van der Waals surface area contributed by atoms with E-state index in [1.54, 1.807) is 12.3 Å². The van der Waals surface area contributed by atoms with Gasteiger partial charge in [-0.15, -0.1) is 0 Å². The van der Waals surface area contributed by atoms with Crippen LogP contribution in [0.2, 0.25) is 0 Å². The molecule has 0 saturated heterocycles. The van der Waals surface area contributed by atoms with Gasteiger partial charge in [0.1, 0.15) is 11.5 Å².